The normalized spacial score (nSPS) is 25.9. The Morgan fingerprint density at radius 1 is 1.28 bits per heavy atom. The molecule has 1 aliphatic heterocycles. The molecule has 0 bridgehead atoms. The van der Waals surface area contributed by atoms with Crippen molar-refractivity contribution in [2.24, 2.45) is 5.92 Å². The van der Waals surface area contributed by atoms with E-state index in [0.717, 1.165) is 6.54 Å². The van der Waals surface area contributed by atoms with E-state index in [9.17, 15) is 9.18 Å². The van der Waals surface area contributed by atoms with Crippen molar-refractivity contribution in [2.75, 3.05) is 13.1 Å². The Bertz CT molecular complexity index is 328. The number of rotatable bonds is 3. The maximum absolute atomic E-state index is 13.0. The van der Waals surface area contributed by atoms with Crippen molar-refractivity contribution >= 4 is 5.91 Å². The zero-order valence-electron chi connectivity index (χ0n) is 12.1. The molecule has 18 heavy (non-hydrogen) atoms. The first-order valence-electron chi connectivity index (χ1n) is 6.68. The van der Waals surface area contributed by atoms with E-state index in [-0.39, 0.29) is 12.1 Å². The minimum atomic E-state index is -0.859. The van der Waals surface area contributed by atoms with Crippen molar-refractivity contribution < 1.29 is 9.18 Å². The number of hydrogen-bond acceptors (Lipinski definition) is 2. The van der Waals surface area contributed by atoms with Gasteiger partial charge in [-0.05, 0) is 26.7 Å². The van der Waals surface area contributed by atoms with Crippen molar-refractivity contribution in [3.63, 3.8) is 0 Å². The molecular formula is C14H25FN2O. The van der Waals surface area contributed by atoms with E-state index in [4.69, 9.17) is 0 Å². The number of hydrogen-bond donors (Lipinski definition) is 0. The Labute approximate surface area is 110 Å². The summed E-state index contributed by atoms with van der Waals surface area (Å²) >= 11 is 0. The summed E-state index contributed by atoms with van der Waals surface area (Å²) in [4.78, 5) is 15.8. The lowest BCUT2D eigenvalue weighted by molar-refractivity contribution is -0.136. The van der Waals surface area contributed by atoms with Crippen LogP contribution in [0.25, 0.3) is 0 Å². The van der Waals surface area contributed by atoms with E-state index in [1.807, 2.05) is 6.92 Å². The van der Waals surface area contributed by atoms with Crippen molar-refractivity contribution in [3.05, 3.63) is 12.4 Å². The summed E-state index contributed by atoms with van der Waals surface area (Å²) in [5, 5.41) is 0. The summed E-state index contributed by atoms with van der Waals surface area (Å²) in [6.45, 7) is 15.1. The van der Waals surface area contributed by atoms with Gasteiger partial charge in [0.05, 0.1) is 0 Å². The molecule has 1 heterocycles. The van der Waals surface area contributed by atoms with E-state index < -0.39 is 11.7 Å². The molecule has 0 aromatic rings. The van der Waals surface area contributed by atoms with Crippen LogP contribution in [0, 0.1) is 5.92 Å². The molecule has 3 nitrogen and oxygen atoms in total. The van der Waals surface area contributed by atoms with Crippen LogP contribution in [0.1, 0.15) is 34.6 Å². The first kappa shape index (κ1) is 15.2. The molecule has 4 heteroatoms. The van der Waals surface area contributed by atoms with Gasteiger partial charge in [0.2, 0.25) is 0 Å². The minimum absolute atomic E-state index is 0.0150. The second kappa shape index (κ2) is 5.83. The molecule has 2 atom stereocenters. The topological polar surface area (TPSA) is 23.6 Å². The van der Waals surface area contributed by atoms with Gasteiger partial charge in [0.15, 0.2) is 5.83 Å². The highest BCUT2D eigenvalue weighted by Gasteiger charge is 2.39. The Morgan fingerprint density at radius 2 is 1.83 bits per heavy atom. The predicted octanol–water partition coefficient (Wildman–Crippen LogP) is 2.44. The van der Waals surface area contributed by atoms with Crippen LogP contribution in [0.3, 0.4) is 0 Å². The van der Waals surface area contributed by atoms with Gasteiger partial charge in [-0.25, -0.2) is 4.39 Å². The Hall–Kier alpha value is -0.900. The van der Waals surface area contributed by atoms with Gasteiger partial charge in [0.1, 0.15) is 0 Å². The Kier molecular flexibility index (Phi) is 4.91. The number of nitrogens with zero attached hydrogens (tertiary/aromatic N) is 2. The standard InChI is InChI=1S/C14H25FN2O/c1-9(2)13-12(6)17(14(18)11(5)15)8-7-16(13)10(3)4/h9-10,12-13H,5,7-8H2,1-4,6H3. The highest BCUT2D eigenvalue weighted by Crippen LogP contribution is 2.26. The average Bonchev–Trinajstić information content (AvgIpc) is 2.26. The van der Waals surface area contributed by atoms with Crippen LogP contribution >= 0.6 is 0 Å². The molecule has 0 aromatic heterocycles. The van der Waals surface area contributed by atoms with Crippen LogP contribution < -0.4 is 0 Å². The van der Waals surface area contributed by atoms with Crippen LogP contribution in [-0.4, -0.2) is 46.9 Å². The molecule has 0 radical (unpaired) electrons. The van der Waals surface area contributed by atoms with Gasteiger partial charge < -0.3 is 4.90 Å². The molecule has 0 N–H and O–H groups in total. The third-order valence-corrected chi connectivity index (χ3v) is 3.81. The summed E-state index contributed by atoms with van der Waals surface area (Å²) in [5.74, 6) is -0.996. The molecule has 0 aromatic carbocycles. The van der Waals surface area contributed by atoms with Gasteiger partial charge in [-0.3, -0.25) is 9.69 Å². The molecule has 1 fully saturated rings. The van der Waals surface area contributed by atoms with E-state index in [0.29, 0.717) is 18.5 Å². The second-order valence-electron chi connectivity index (χ2n) is 5.71. The SMILES string of the molecule is C=C(F)C(=O)N1CCN(C(C)C)C(C(C)C)C1C. The van der Waals surface area contributed by atoms with Crippen LogP contribution in [0.4, 0.5) is 4.39 Å². The minimum Gasteiger partial charge on any atom is -0.331 e. The first-order valence-corrected chi connectivity index (χ1v) is 6.68. The fourth-order valence-corrected chi connectivity index (χ4v) is 3.02. The third kappa shape index (κ3) is 2.91. The molecule has 1 aliphatic rings. The summed E-state index contributed by atoms with van der Waals surface area (Å²) in [7, 11) is 0. The lowest BCUT2D eigenvalue weighted by Crippen LogP contribution is -2.63. The second-order valence-corrected chi connectivity index (χ2v) is 5.71. The number of halogens is 1. The predicted molar refractivity (Wildman–Crippen MR) is 71.9 cm³/mol. The summed E-state index contributed by atoms with van der Waals surface area (Å²) in [6.07, 6.45) is 0. The monoisotopic (exact) mass is 256 g/mol. The van der Waals surface area contributed by atoms with E-state index >= 15 is 0 Å². The van der Waals surface area contributed by atoms with Crippen molar-refractivity contribution in [1.82, 2.24) is 9.80 Å². The number of carbonyl (C=O) groups excluding carboxylic acids is 1. The van der Waals surface area contributed by atoms with E-state index in [1.54, 1.807) is 4.90 Å². The van der Waals surface area contributed by atoms with Crippen LogP contribution in [0.5, 0.6) is 0 Å². The lowest BCUT2D eigenvalue weighted by atomic mass is 9.91. The molecule has 0 spiro atoms. The molecule has 104 valence electrons. The third-order valence-electron chi connectivity index (χ3n) is 3.81. The first-order chi connectivity index (χ1) is 8.27. The van der Waals surface area contributed by atoms with Gasteiger partial charge in [-0.15, -0.1) is 0 Å². The molecule has 1 rings (SSSR count). The fourth-order valence-electron chi connectivity index (χ4n) is 3.02. The highest BCUT2D eigenvalue weighted by molar-refractivity contribution is 5.90. The smallest absolute Gasteiger partial charge is 0.282 e. The average molecular weight is 256 g/mol. The summed E-state index contributed by atoms with van der Waals surface area (Å²) in [6, 6.07) is 0.717. The van der Waals surface area contributed by atoms with E-state index in [1.165, 1.54) is 0 Å². The summed E-state index contributed by atoms with van der Waals surface area (Å²) < 4.78 is 13.0. The zero-order chi connectivity index (χ0) is 14.0. The lowest BCUT2D eigenvalue weighted by Gasteiger charge is -2.49. The van der Waals surface area contributed by atoms with Crippen molar-refractivity contribution in [3.8, 4) is 0 Å². The highest BCUT2D eigenvalue weighted by atomic mass is 19.1. The van der Waals surface area contributed by atoms with Crippen molar-refractivity contribution in [2.45, 2.75) is 52.7 Å². The van der Waals surface area contributed by atoms with E-state index in [2.05, 4.69) is 39.2 Å². The van der Waals surface area contributed by atoms with Gasteiger partial charge in [-0.2, -0.15) is 0 Å². The number of piperazine rings is 1. The quantitative estimate of drug-likeness (QED) is 0.724. The molecule has 0 saturated carbocycles. The molecule has 0 aliphatic carbocycles. The maximum Gasteiger partial charge on any atom is 0.282 e. The Morgan fingerprint density at radius 3 is 2.22 bits per heavy atom. The number of carbonyl (C=O) groups is 1. The fraction of sp³-hybridized carbons (Fsp3) is 0.786. The summed E-state index contributed by atoms with van der Waals surface area (Å²) in [5.41, 5.74) is 0. The van der Waals surface area contributed by atoms with Gasteiger partial charge >= 0.3 is 0 Å². The van der Waals surface area contributed by atoms with Crippen LogP contribution in [-0.2, 0) is 4.79 Å². The largest absolute Gasteiger partial charge is 0.331 e. The van der Waals surface area contributed by atoms with Gasteiger partial charge in [-0.1, -0.05) is 20.4 Å². The number of amides is 1. The van der Waals surface area contributed by atoms with Gasteiger partial charge in [0, 0.05) is 31.2 Å². The van der Waals surface area contributed by atoms with Crippen LogP contribution in [0.15, 0.2) is 12.4 Å². The molecule has 1 saturated heterocycles. The Balaban J connectivity index is 2.93. The van der Waals surface area contributed by atoms with Gasteiger partial charge in [0.25, 0.3) is 5.91 Å². The zero-order valence-corrected chi connectivity index (χ0v) is 12.1. The molecule has 1 amide bonds. The molecular weight excluding hydrogens is 231 g/mol. The molecule has 2 unspecified atom stereocenters. The van der Waals surface area contributed by atoms with Crippen molar-refractivity contribution in [1.29, 1.82) is 0 Å². The van der Waals surface area contributed by atoms with Crippen LogP contribution in [0.2, 0.25) is 0 Å². The maximum atomic E-state index is 13.0.